The fourth-order valence-corrected chi connectivity index (χ4v) is 3.31. The standard InChI is InChI=1S/C21H31N5O/c1-3-22-21(23-12-7-13-26-17-18(2)16-24-26)25-14-10-20(11-15-25)27-19-8-5-4-6-9-19/h4-6,8-9,16-17,20H,3,7,10-15H2,1-2H3,(H,22,23). The van der Waals surface area contributed by atoms with Gasteiger partial charge in [0.1, 0.15) is 11.9 Å². The van der Waals surface area contributed by atoms with Crippen LogP contribution in [0.15, 0.2) is 47.7 Å². The summed E-state index contributed by atoms with van der Waals surface area (Å²) < 4.78 is 8.09. The Balaban J connectivity index is 1.45. The summed E-state index contributed by atoms with van der Waals surface area (Å²) in [7, 11) is 0. The molecule has 0 amide bonds. The minimum absolute atomic E-state index is 0.287. The number of likely N-dealkylation sites (tertiary alicyclic amines) is 1. The molecule has 1 aromatic heterocycles. The van der Waals surface area contributed by atoms with E-state index in [1.807, 2.05) is 41.2 Å². The lowest BCUT2D eigenvalue weighted by atomic mass is 10.1. The maximum absolute atomic E-state index is 6.10. The molecule has 0 atom stereocenters. The summed E-state index contributed by atoms with van der Waals surface area (Å²) in [5.74, 6) is 1.98. The molecule has 0 spiro atoms. The van der Waals surface area contributed by atoms with Crippen molar-refractivity contribution in [3.05, 3.63) is 48.3 Å². The maximum atomic E-state index is 6.10. The van der Waals surface area contributed by atoms with Gasteiger partial charge in [0.05, 0.1) is 6.20 Å². The van der Waals surface area contributed by atoms with Gasteiger partial charge in [0, 0.05) is 51.8 Å². The number of aromatic nitrogens is 2. The monoisotopic (exact) mass is 369 g/mol. The van der Waals surface area contributed by atoms with Gasteiger partial charge in [-0.2, -0.15) is 5.10 Å². The summed E-state index contributed by atoms with van der Waals surface area (Å²) in [6, 6.07) is 10.1. The largest absolute Gasteiger partial charge is 0.490 e. The topological polar surface area (TPSA) is 54.7 Å². The van der Waals surface area contributed by atoms with Crippen LogP contribution in [0.25, 0.3) is 0 Å². The van der Waals surface area contributed by atoms with E-state index in [1.165, 1.54) is 5.56 Å². The van der Waals surface area contributed by atoms with Crippen LogP contribution in [0.3, 0.4) is 0 Å². The smallest absolute Gasteiger partial charge is 0.193 e. The third kappa shape index (κ3) is 6.01. The first-order valence-electron chi connectivity index (χ1n) is 9.98. The molecule has 2 heterocycles. The molecule has 1 N–H and O–H groups in total. The number of piperidine rings is 1. The number of nitrogens with one attached hydrogen (secondary N) is 1. The number of aliphatic imine (C=N–C) groups is 1. The SMILES string of the molecule is CCNC(=NCCCn1cc(C)cn1)N1CCC(Oc2ccccc2)CC1. The fourth-order valence-electron chi connectivity index (χ4n) is 3.31. The second kappa shape index (κ2) is 10.00. The molecule has 6 heteroatoms. The van der Waals surface area contributed by atoms with Gasteiger partial charge in [-0.3, -0.25) is 9.67 Å². The lowest BCUT2D eigenvalue weighted by Crippen LogP contribution is -2.47. The predicted octanol–water partition coefficient (Wildman–Crippen LogP) is 3.09. The average Bonchev–Trinajstić information content (AvgIpc) is 3.11. The van der Waals surface area contributed by atoms with E-state index in [0.717, 1.165) is 63.7 Å². The van der Waals surface area contributed by atoms with Crippen LogP contribution >= 0.6 is 0 Å². The third-order valence-corrected chi connectivity index (χ3v) is 4.69. The number of nitrogens with zero attached hydrogens (tertiary/aromatic N) is 4. The van der Waals surface area contributed by atoms with Gasteiger partial charge in [-0.1, -0.05) is 18.2 Å². The van der Waals surface area contributed by atoms with Gasteiger partial charge in [0.15, 0.2) is 5.96 Å². The second-order valence-electron chi connectivity index (χ2n) is 6.99. The van der Waals surface area contributed by atoms with Crippen LogP contribution in [-0.2, 0) is 6.54 Å². The number of para-hydroxylation sites is 1. The summed E-state index contributed by atoms with van der Waals surface area (Å²) in [6.07, 6.45) is 7.29. The number of benzene rings is 1. The van der Waals surface area contributed by atoms with Crippen molar-refractivity contribution in [2.24, 2.45) is 4.99 Å². The van der Waals surface area contributed by atoms with E-state index < -0.39 is 0 Å². The van der Waals surface area contributed by atoms with Crippen molar-refractivity contribution in [1.82, 2.24) is 20.0 Å². The van der Waals surface area contributed by atoms with Gasteiger partial charge >= 0.3 is 0 Å². The van der Waals surface area contributed by atoms with Crippen LogP contribution in [0, 0.1) is 6.92 Å². The van der Waals surface area contributed by atoms with E-state index in [0.29, 0.717) is 0 Å². The first-order valence-corrected chi connectivity index (χ1v) is 9.98. The van der Waals surface area contributed by atoms with Crippen molar-refractivity contribution in [1.29, 1.82) is 0 Å². The first-order chi connectivity index (χ1) is 13.2. The zero-order valence-electron chi connectivity index (χ0n) is 16.5. The van der Waals surface area contributed by atoms with Crippen LogP contribution < -0.4 is 10.1 Å². The molecule has 1 saturated heterocycles. The van der Waals surface area contributed by atoms with Crippen molar-refractivity contribution in [2.45, 2.75) is 45.8 Å². The Hall–Kier alpha value is -2.50. The molecule has 0 radical (unpaired) electrons. The van der Waals surface area contributed by atoms with Gasteiger partial charge in [0.25, 0.3) is 0 Å². The molecule has 146 valence electrons. The zero-order chi connectivity index (χ0) is 18.9. The summed E-state index contributed by atoms with van der Waals surface area (Å²) in [5, 5.41) is 7.76. The summed E-state index contributed by atoms with van der Waals surface area (Å²) >= 11 is 0. The van der Waals surface area contributed by atoms with Crippen molar-refractivity contribution < 1.29 is 4.74 Å². The molecule has 27 heavy (non-hydrogen) atoms. The summed E-state index contributed by atoms with van der Waals surface area (Å²) in [6.45, 7) is 8.73. The highest BCUT2D eigenvalue weighted by Gasteiger charge is 2.22. The molecule has 0 aliphatic carbocycles. The van der Waals surface area contributed by atoms with Crippen LogP contribution in [0.5, 0.6) is 5.75 Å². The molecule has 0 unspecified atom stereocenters. The average molecular weight is 370 g/mol. The number of ether oxygens (including phenoxy) is 1. The quantitative estimate of drug-likeness (QED) is 0.463. The fraction of sp³-hybridized carbons (Fsp3) is 0.524. The number of rotatable bonds is 7. The highest BCUT2D eigenvalue weighted by atomic mass is 16.5. The van der Waals surface area contributed by atoms with Gasteiger partial charge in [-0.05, 0) is 38.0 Å². The molecule has 1 aliphatic rings. The lowest BCUT2D eigenvalue weighted by molar-refractivity contribution is 0.129. The number of hydrogen-bond donors (Lipinski definition) is 1. The summed E-state index contributed by atoms with van der Waals surface area (Å²) in [5.41, 5.74) is 1.20. The third-order valence-electron chi connectivity index (χ3n) is 4.69. The van der Waals surface area contributed by atoms with Gasteiger partial charge in [-0.15, -0.1) is 0 Å². The number of hydrogen-bond acceptors (Lipinski definition) is 3. The van der Waals surface area contributed by atoms with Crippen molar-refractivity contribution >= 4 is 5.96 Å². The molecule has 3 rings (SSSR count). The predicted molar refractivity (Wildman–Crippen MR) is 109 cm³/mol. The highest BCUT2D eigenvalue weighted by Crippen LogP contribution is 2.18. The van der Waals surface area contributed by atoms with Crippen molar-refractivity contribution in [3.63, 3.8) is 0 Å². The number of aryl methyl sites for hydroxylation is 2. The van der Waals surface area contributed by atoms with Crippen molar-refractivity contribution in [2.75, 3.05) is 26.2 Å². The highest BCUT2D eigenvalue weighted by molar-refractivity contribution is 5.80. The van der Waals surface area contributed by atoms with E-state index in [1.54, 1.807) is 0 Å². The maximum Gasteiger partial charge on any atom is 0.193 e. The van der Waals surface area contributed by atoms with Gasteiger partial charge in [0.2, 0.25) is 0 Å². The lowest BCUT2D eigenvalue weighted by Gasteiger charge is -2.34. The molecular weight excluding hydrogens is 338 g/mol. The number of guanidine groups is 1. The van der Waals surface area contributed by atoms with Gasteiger partial charge in [-0.25, -0.2) is 0 Å². The minimum Gasteiger partial charge on any atom is -0.490 e. The van der Waals surface area contributed by atoms with Gasteiger partial charge < -0.3 is 15.0 Å². The summed E-state index contributed by atoms with van der Waals surface area (Å²) in [4.78, 5) is 7.17. The molecule has 2 aromatic rings. The van der Waals surface area contributed by atoms with Crippen LogP contribution in [0.2, 0.25) is 0 Å². The van der Waals surface area contributed by atoms with Crippen LogP contribution in [0.1, 0.15) is 31.7 Å². The Morgan fingerprint density at radius 1 is 1.26 bits per heavy atom. The van der Waals surface area contributed by atoms with Crippen LogP contribution in [0.4, 0.5) is 0 Å². The Labute approximate surface area is 162 Å². The Kier molecular flexibility index (Phi) is 7.13. The molecule has 1 aliphatic heterocycles. The Morgan fingerprint density at radius 3 is 2.70 bits per heavy atom. The molecule has 0 bridgehead atoms. The molecular formula is C21H31N5O. The second-order valence-corrected chi connectivity index (χ2v) is 6.99. The van der Waals surface area contributed by atoms with E-state index in [4.69, 9.17) is 9.73 Å². The van der Waals surface area contributed by atoms with E-state index >= 15 is 0 Å². The Bertz CT molecular complexity index is 704. The van der Waals surface area contributed by atoms with E-state index in [-0.39, 0.29) is 6.10 Å². The van der Waals surface area contributed by atoms with Crippen LogP contribution in [-0.4, -0.2) is 52.9 Å². The van der Waals surface area contributed by atoms with Crippen molar-refractivity contribution in [3.8, 4) is 5.75 Å². The van der Waals surface area contributed by atoms with E-state index in [2.05, 4.69) is 35.4 Å². The minimum atomic E-state index is 0.287. The molecule has 6 nitrogen and oxygen atoms in total. The molecule has 1 aromatic carbocycles. The zero-order valence-corrected chi connectivity index (χ0v) is 16.5. The molecule has 1 fully saturated rings. The first kappa shape index (κ1) is 19.3. The normalized spacial score (nSPS) is 15.8. The Morgan fingerprint density at radius 2 is 2.04 bits per heavy atom. The molecule has 0 saturated carbocycles. The van der Waals surface area contributed by atoms with E-state index in [9.17, 15) is 0 Å².